The summed E-state index contributed by atoms with van der Waals surface area (Å²) in [6.45, 7) is 0. The molecule has 0 saturated carbocycles. The van der Waals surface area contributed by atoms with E-state index in [2.05, 4.69) is 64.2 Å². The van der Waals surface area contributed by atoms with Gasteiger partial charge in [0.25, 0.3) is 0 Å². The van der Waals surface area contributed by atoms with E-state index >= 15 is 0 Å². The van der Waals surface area contributed by atoms with Crippen LogP contribution in [0.3, 0.4) is 0 Å². The molecular formula is C22H18B2N2. The Morgan fingerprint density at radius 1 is 0.500 bits per heavy atom. The Bertz CT molecular complexity index is 970. The minimum atomic E-state index is 0.761. The summed E-state index contributed by atoms with van der Waals surface area (Å²) in [6, 6.07) is 29.1. The Morgan fingerprint density at radius 3 is 1.42 bits per heavy atom. The molecule has 0 saturated heterocycles. The van der Waals surface area contributed by atoms with Crippen LogP contribution in [0.25, 0.3) is 33.9 Å². The SMILES string of the molecule is Bc1cc(B)cc(-c2nc(-c3ccccc3)cc(-c3ccccc3)n2)c1. The molecule has 0 unspecified atom stereocenters. The predicted molar refractivity (Wildman–Crippen MR) is 115 cm³/mol. The number of hydrogen-bond acceptors (Lipinski definition) is 2. The lowest BCUT2D eigenvalue weighted by molar-refractivity contribution is 1.18. The van der Waals surface area contributed by atoms with Crippen molar-refractivity contribution in [2.45, 2.75) is 0 Å². The van der Waals surface area contributed by atoms with E-state index < -0.39 is 0 Å². The van der Waals surface area contributed by atoms with Crippen LogP contribution in [0.5, 0.6) is 0 Å². The molecule has 0 atom stereocenters. The average molecular weight is 332 g/mol. The molecule has 26 heavy (non-hydrogen) atoms. The van der Waals surface area contributed by atoms with Crippen molar-refractivity contribution in [3.63, 3.8) is 0 Å². The first-order valence-electron chi connectivity index (χ1n) is 8.78. The fraction of sp³-hybridized carbons (Fsp3) is 0. The molecule has 1 heterocycles. The van der Waals surface area contributed by atoms with Crippen molar-refractivity contribution in [3.8, 4) is 33.9 Å². The summed E-state index contributed by atoms with van der Waals surface area (Å²) in [5.41, 5.74) is 7.56. The third kappa shape index (κ3) is 3.45. The van der Waals surface area contributed by atoms with Gasteiger partial charge in [-0.3, -0.25) is 0 Å². The van der Waals surface area contributed by atoms with E-state index in [1.54, 1.807) is 0 Å². The van der Waals surface area contributed by atoms with Gasteiger partial charge in [-0.25, -0.2) is 9.97 Å². The van der Waals surface area contributed by atoms with Crippen molar-refractivity contribution >= 4 is 26.6 Å². The summed E-state index contributed by atoms with van der Waals surface area (Å²) in [5, 5.41) is 0. The Kier molecular flexibility index (Phi) is 4.40. The van der Waals surface area contributed by atoms with Crippen molar-refractivity contribution < 1.29 is 0 Å². The number of nitrogens with zero attached hydrogens (tertiary/aromatic N) is 2. The number of rotatable bonds is 3. The van der Waals surface area contributed by atoms with Crippen LogP contribution < -0.4 is 10.9 Å². The second-order valence-electron chi connectivity index (χ2n) is 6.57. The molecule has 1 aromatic heterocycles. The van der Waals surface area contributed by atoms with Gasteiger partial charge in [0.15, 0.2) is 5.82 Å². The van der Waals surface area contributed by atoms with E-state index in [1.165, 1.54) is 10.9 Å². The van der Waals surface area contributed by atoms with Crippen LogP contribution in [0.4, 0.5) is 0 Å². The van der Waals surface area contributed by atoms with E-state index in [4.69, 9.17) is 9.97 Å². The van der Waals surface area contributed by atoms with Crippen LogP contribution in [-0.4, -0.2) is 25.7 Å². The maximum atomic E-state index is 4.87. The molecule has 3 aromatic carbocycles. The molecule has 0 amide bonds. The molecule has 4 rings (SSSR count). The summed E-state index contributed by atoms with van der Waals surface area (Å²) in [7, 11) is 4.21. The molecule has 0 aliphatic rings. The second-order valence-corrected chi connectivity index (χ2v) is 6.57. The summed E-state index contributed by atoms with van der Waals surface area (Å²) >= 11 is 0. The van der Waals surface area contributed by atoms with Crippen LogP contribution >= 0.6 is 0 Å². The van der Waals surface area contributed by atoms with Crippen molar-refractivity contribution in [1.82, 2.24) is 9.97 Å². The molecule has 0 radical (unpaired) electrons. The summed E-state index contributed by atoms with van der Waals surface area (Å²) < 4.78 is 0. The minimum Gasteiger partial charge on any atom is -0.228 e. The molecule has 2 nitrogen and oxygen atoms in total. The molecular weight excluding hydrogens is 314 g/mol. The highest BCUT2D eigenvalue weighted by Crippen LogP contribution is 2.26. The third-order valence-electron chi connectivity index (χ3n) is 4.35. The number of benzene rings is 3. The van der Waals surface area contributed by atoms with Gasteiger partial charge in [-0.05, 0) is 6.07 Å². The van der Waals surface area contributed by atoms with Crippen molar-refractivity contribution in [3.05, 3.63) is 84.9 Å². The minimum absolute atomic E-state index is 0.761. The quantitative estimate of drug-likeness (QED) is 0.537. The Balaban J connectivity index is 1.93. The van der Waals surface area contributed by atoms with Gasteiger partial charge in [-0.1, -0.05) is 89.8 Å². The molecule has 0 bridgehead atoms. The Morgan fingerprint density at radius 2 is 0.962 bits per heavy atom. The van der Waals surface area contributed by atoms with Gasteiger partial charge >= 0.3 is 0 Å². The van der Waals surface area contributed by atoms with Crippen LogP contribution in [-0.2, 0) is 0 Å². The van der Waals surface area contributed by atoms with Gasteiger partial charge in [-0.2, -0.15) is 0 Å². The summed E-state index contributed by atoms with van der Waals surface area (Å²) in [4.78, 5) is 9.74. The van der Waals surface area contributed by atoms with E-state index in [-0.39, 0.29) is 0 Å². The standard InChI is InChI=1S/C22H18B2N2/c23-18-11-17(12-19(24)13-18)22-25-20(15-7-3-1-4-8-15)14-21(26-22)16-9-5-2-6-10-16/h1-14H,23-24H2. The highest BCUT2D eigenvalue weighted by molar-refractivity contribution is 6.38. The van der Waals surface area contributed by atoms with Crippen LogP contribution in [0, 0.1) is 0 Å². The van der Waals surface area contributed by atoms with Crippen LogP contribution in [0.2, 0.25) is 0 Å². The fourth-order valence-corrected chi connectivity index (χ4v) is 3.19. The largest absolute Gasteiger partial charge is 0.228 e. The average Bonchev–Trinajstić information content (AvgIpc) is 2.68. The fourth-order valence-electron chi connectivity index (χ4n) is 3.19. The molecule has 0 aliphatic heterocycles. The smallest absolute Gasteiger partial charge is 0.160 e. The van der Waals surface area contributed by atoms with Crippen LogP contribution in [0.15, 0.2) is 84.9 Å². The topological polar surface area (TPSA) is 25.8 Å². The first-order chi connectivity index (χ1) is 12.7. The normalized spacial score (nSPS) is 10.6. The van der Waals surface area contributed by atoms with Gasteiger partial charge < -0.3 is 0 Å². The maximum absolute atomic E-state index is 4.87. The lowest BCUT2D eigenvalue weighted by Crippen LogP contribution is -2.14. The van der Waals surface area contributed by atoms with E-state index in [0.29, 0.717) is 0 Å². The van der Waals surface area contributed by atoms with Gasteiger partial charge in [-0.15, -0.1) is 0 Å². The zero-order valence-corrected chi connectivity index (χ0v) is 15.0. The zero-order valence-electron chi connectivity index (χ0n) is 15.0. The second kappa shape index (κ2) is 7.01. The molecule has 0 aliphatic carbocycles. The van der Waals surface area contributed by atoms with Gasteiger partial charge in [0.1, 0.15) is 15.7 Å². The first-order valence-corrected chi connectivity index (χ1v) is 8.78. The molecule has 4 aromatic rings. The first kappa shape index (κ1) is 16.3. The molecule has 122 valence electrons. The number of aromatic nitrogens is 2. The lowest BCUT2D eigenvalue weighted by Gasteiger charge is -2.10. The maximum Gasteiger partial charge on any atom is 0.160 e. The number of hydrogen-bond donors (Lipinski definition) is 0. The van der Waals surface area contributed by atoms with E-state index in [9.17, 15) is 0 Å². The molecule has 4 heteroatoms. The van der Waals surface area contributed by atoms with E-state index in [1.807, 2.05) is 36.4 Å². The van der Waals surface area contributed by atoms with Gasteiger partial charge in [0.2, 0.25) is 0 Å². The summed E-state index contributed by atoms with van der Waals surface area (Å²) in [6.07, 6.45) is 0. The van der Waals surface area contributed by atoms with Gasteiger partial charge in [0.05, 0.1) is 11.4 Å². The van der Waals surface area contributed by atoms with Gasteiger partial charge in [0, 0.05) is 16.7 Å². The van der Waals surface area contributed by atoms with E-state index in [0.717, 1.165) is 33.9 Å². The van der Waals surface area contributed by atoms with Crippen molar-refractivity contribution in [1.29, 1.82) is 0 Å². The lowest BCUT2D eigenvalue weighted by atomic mass is 9.85. The molecule has 0 spiro atoms. The zero-order chi connectivity index (χ0) is 17.9. The van der Waals surface area contributed by atoms with Crippen molar-refractivity contribution in [2.24, 2.45) is 0 Å². The monoisotopic (exact) mass is 332 g/mol. The predicted octanol–water partition coefficient (Wildman–Crippen LogP) is 1.99. The Labute approximate surface area is 155 Å². The highest BCUT2D eigenvalue weighted by Gasteiger charge is 2.10. The highest BCUT2D eigenvalue weighted by atomic mass is 14.9. The molecule has 0 fully saturated rings. The summed E-state index contributed by atoms with van der Waals surface area (Å²) in [5.74, 6) is 0.761. The van der Waals surface area contributed by atoms with Crippen molar-refractivity contribution in [2.75, 3.05) is 0 Å². The Hall–Kier alpha value is -3.13. The van der Waals surface area contributed by atoms with Crippen LogP contribution in [0.1, 0.15) is 0 Å². The molecule has 0 N–H and O–H groups in total. The third-order valence-corrected chi connectivity index (χ3v) is 4.35.